The number of hydrogen-bond acceptors (Lipinski definition) is 1. The van der Waals surface area contributed by atoms with Gasteiger partial charge < -0.3 is 9.88 Å². The summed E-state index contributed by atoms with van der Waals surface area (Å²) in [6, 6.07) is 4.77. The number of halogens is 1. The average molecular weight is 246 g/mol. The molecule has 94 valence electrons. The molecule has 2 heterocycles. The molecule has 0 atom stereocenters. The van der Waals surface area contributed by atoms with Crippen molar-refractivity contribution in [1.29, 1.82) is 0 Å². The Morgan fingerprint density at radius 3 is 3.06 bits per heavy atom. The van der Waals surface area contributed by atoms with Crippen LogP contribution in [0.25, 0.3) is 10.9 Å². The number of aryl methyl sites for hydroxylation is 1. The molecule has 1 N–H and O–H groups in total. The molecule has 3 nitrogen and oxygen atoms in total. The van der Waals surface area contributed by atoms with E-state index in [-0.39, 0.29) is 11.7 Å². The molecule has 0 radical (unpaired) electrons. The van der Waals surface area contributed by atoms with Crippen LogP contribution < -0.4 is 0 Å². The van der Waals surface area contributed by atoms with Crippen molar-refractivity contribution in [2.24, 2.45) is 0 Å². The summed E-state index contributed by atoms with van der Waals surface area (Å²) >= 11 is 0. The number of H-pyrrole nitrogens is 1. The van der Waals surface area contributed by atoms with E-state index in [0.29, 0.717) is 6.54 Å². The predicted octanol–water partition coefficient (Wildman–Crippen LogP) is 2.60. The number of nitrogens with zero attached hydrogens (tertiary/aromatic N) is 1. The van der Waals surface area contributed by atoms with Gasteiger partial charge >= 0.3 is 0 Å². The van der Waals surface area contributed by atoms with Crippen LogP contribution >= 0.6 is 0 Å². The molecular formula is C14H15FN2O. The number of aromatic amines is 1. The first-order chi connectivity index (χ1) is 8.65. The number of fused-ring (bicyclic) bond motifs is 3. The van der Waals surface area contributed by atoms with E-state index in [1.165, 1.54) is 6.07 Å². The summed E-state index contributed by atoms with van der Waals surface area (Å²) in [6.07, 6.45) is 1.86. The molecule has 1 aromatic heterocycles. The number of amides is 1. The lowest BCUT2D eigenvalue weighted by Gasteiger charge is -2.18. The first kappa shape index (κ1) is 11.3. The van der Waals surface area contributed by atoms with Gasteiger partial charge in [-0.3, -0.25) is 4.79 Å². The highest BCUT2D eigenvalue weighted by Gasteiger charge is 2.20. The van der Waals surface area contributed by atoms with E-state index in [4.69, 9.17) is 0 Å². The lowest BCUT2D eigenvalue weighted by atomic mass is 10.1. The van der Waals surface area contributed by atoms with Crippen molar-refractivity contribution >= 4 is 16.8 Å². The van der Waals surface area contributed by atoms with Crippen molar-refractivity contribution in [2.75, 3.05) is 6.54 Å². The summed E-state index contributed by atoms with van der Waals surface area (Å²) in [6.45, 7) is 2.93. The Hall–Kier alpha value is -1.84. The molecule has 0 saturated heterocycles. The predicted molar refractivity (Wildman–Crippen MR) is 67.7 cm³/mol. The summed E-state index contributed by atoms with van der Waals surface area (Å²) in [5, 5.41) is 0.901. The molecule has 1 aliphatic rings. The lowest BCUT2D eigenvalue weighted by molar-refractivity contribution is -0.129. The molecule has 0 saturated carbocycles. The zero-order chi connectivity index (χ0) is 12.7. The Balaban J connectivity index is 2.13. The van der Waals surface area contributed by atoms with E-state index < -0.39 is 0 Å². The fourth-order valence-corrected chi connectivity index (χ4v) is 2.66. The van der Waals surface area contributed by atoms with Crippen LogP contribution in [0.15, 0.2) is 18.2 Å². The zero-order valence-electron chi connectivity index (χ0n) is 10.3. The smallest absolute Gasteiger partial charge is 0.219 e. The summed E-state index contributed by atoms with van der Waals surface area (Å²) < 4.78 is 13.3. The van der Waals surface area contributed by atoms with E-state index in [0.717, 1.165) is 41.5 Å². The van der Waals surface area contributed by atoms with Crippen LogP contribution in [-0.2, 0) is 17.8 Å². The molecule has 0 fully saturated rings. The van der Waals surface area contributed by atoms with Gasteiger partial charge in [-0.05, 0) is 31.0 Å². The summed E-state index contributed by atoms with van der Waals surface area (Å²) in [7, 11) is 0. The number of rotatable bonds is 0. The molecule has 4 heteroatoms. The van der Waals surface area contributed by atoms with Gasteiger partial charge in [0, 0.05) is 42.2 Å². The van der Waals surface area contributed by atoms with Gasteiger partial charge in [0.2, 0.25) is 5.91 Å². The van der Waals surface area contributed by atoms with Crippen molar-refractivity contribution in [3.05, 3.63) is 35.3 Å². The maximum absolute atomic E-state index is 13.3. The van der Waals surface area contributed by atoms with E-state index in [1.54, 1.807) is 19.1 Å². The zero-order valence-corrected chi connectivity index (χ0v) is 10.3. The van der Waals surface area contributed by atoms with Gasteiger partial charge in [-0.25, -0.2) is 4.39 Å². The Bertz CT molecular complexity index is 618. The fraction of sp³-hybridized carbons (Fsp3) is 0.357. The van der Waals surface area contributed by atoms with Crippen LogP contribution in [-0.4, -0.2) is 22.3 Å². The normalized spacial score (nSPS) is 15.6. The van der Waals surface area contributed by atoms with Gasteiger partial charge in [0.15, 0.2) is 0 Å². The molecule has 0 spiro atoms. The fourth-order valence-electron chi connectivity index (χ4n) is 2.66. The van der Waals surface area contributed by atoms with Gasteiger partial charge in [0.25, 0.3) is 0 Å². The lowest BCUT2D eigenvalue weighted by Crippen LogP contribution is -2.28. The van der Waals surface area contributed by atoms with Crippen molar-refractivity contribution < 1.29 is 9.18 Å². The molecule has 18 heavy (non-hydrogen) atoms. The summed E-state index contributed by atoms with van der Waals surface area (Å²) in [5.74, 6) is -0.156. The molecule has 2 aromatic rings. The Morgan fingerprint density at radius 2 is 2.28 bits per heavy atom. The summed E-state index contributed by atoms with van der Waals surface area (Å²) in [5.41, 5.74) is 3.16. The second-order valence-corrected chi connectivity index (χ2v) is 4.82. The number of carbonyl (C=O) groups excluding carboxylic acids is 1. The van der Waals surface area contributed by atoms with Gasteiger partial charge in [-0.15, -0.1) is 0 Å². The highest BCUT2D eigenvalue weighted by atomic mass is 19.1. The topological polar surface area (TPSA) is 36.1 Å². The Labute approximate surface area is 105 Å². The van der Waals surface area contributed by atoms with Crippen LogP contribution in [0.2, 0.25) is 0 Å². The monoisotopic (exact) mass is 246 g/mol. The molecule has 0 unspecified atom stereocenters. The number of aromatic nitrogens is 1. The molecule has 3 rings (SSSR count). The third-order valence-electron chi connectivity index (χ3n) is 3.61. The van der Waals surface area contributed by atoms with Crippen LogP contribution in [0.4, 0.5) is 4.39 Å². The van der Waals surface area contributed by atoms with Gasteiger partial charge in [0.1, 0.15) is 5.82 Å². The maximum atomic E-state index is 13.3. The molecular weight excluding hydrogens is 231 g/mol. The van der Waals surface area contributed by atoms with Gasteiger partial charge in [0.05, 0.1) is 0 Å². The summed E-state index contributed by atoms with van der Waals surface area (Å²) in [4.78, 5) is 16.7. The molecule has 1 aliphatic heterocycles. The third-order valence-corrected chi connectivity index (χ3v) is 3.61. The molecule has 1 aromatic carbocycles. The first-order valence-corrected chi connectivity index (χ1v) is 6.19. The quantitative estimate of drug-likeness (QED) is 0.762. The highest BCUT2D eigenvalue weighted by Crippen LogP contribution is 2.27. The van der Waals surface area contributed by atoms with E-state index in [1.807, 2.05) is 4.90 Å². The Kier molecular flexibility index (Phi) is 2.58. The molecule has 1 amide bonds. The van der Waals surface area contributed by atoms with Gasteiger partial charge in [-0.1, -0.05) is 0 Å². The van der Waals surface area contributed by atoms with Crippen LogP contribution in [0, 0.1) is 5.82 Å². The SMILES string of the molecule is CC(=O)N1CCCc2[nH]c3ccc(F)cc3c2C1. The molecule has 0 aliphatic carbocycles. The van der Waals surface area contributed by atoms with Gasteiger partial charge in [-0.2, -0.15) is 0 Å². The standard InChI is InChI=1S/C14H15FN2O/c1-9(18)17-6-2-3-13-12(8-17)11-7-10(15)4-5-14(11)16-13/h4-5,7,16H,2-3,6,8H2,1H3. The van der Waals surface area contributed by atoms with Crippen LogP contribution in [0.5, 0.6) is 0 Å². The average Bonchev–Trinajstić information content (AvgIpc) is 2.54. The maximum Gasteiger partial charge on any atom is 0.219 e. The number of benzene rings is 1. The van der Waals surface area contributed by atoms with E-state index in [2.05, 4.69) is 4.98 Å². The number of nitrogens with one attached hydrogen (secondary N) is 1. The van der Waals surface area contributed by atoms with Crippen molar-refractivity contribution in [3.63, 3.8) is 0 Å². The first-order valence-electron chi connectivity index (χ1n) is 6.19. The van der Waals surface area contributed by atoms with E-state index in [9.17, 15) is 9.18 Å². The minimum absolute atomic E-state index is 0.0774. The highest BCUT2D eigenvalue weighted by molar-refractivity contribution is 5.85. The minimum atomic E-state index is -0.233. The van der Waals surface area contributed by atoms with Crippen LogP contribution in [0.3, 0.4) is 0 Å². The second-order valence-electron chi connectivity index (χ2n) is 4.82. The molecule has 0 bridgehead atoms. The Morgan fingerprint density at radius 1 is 1.44 bits per heavy atom. The van der Waals surface area contributed by atoms with Crippen LogP contribution in [0.1, 0.15) is 24.6 Å². The largest absolute Gasteiger partial charge is 0.358 e. The third kappa shape index (κ3) is 1.78. The van der Waals surface area contributed by atoms with Crippen molar-refractivity contribution in [2.45, 2.75) is 26.3 Å². The van der Waals surface area contributed by atoms with E-state index >= 15 is 0 Å². The number of hydrogen-bond donors (Lipinski definition) is 1. The van der Waals surface area contributed by atoms with Crippen molar-refractivity contribution in [1.82, 2.24) is 9.88 Å². The second kappa shape index (κ2) is 4.12. The number of carbonyl (C=O) groups is 1. The van der Waals surface area contributed by atoms with Crippen molar-refractivity contribution in [3.8, 4) is 0 Å². The minimum Gasteiger partial charge on any atom is -0.358 e.